The van der Waals surface area contributed by atoms with Crippen LogP contribution in [0.5, 0.6) is 0 Å². The van der Waals surface area contributed by atoms with Crippen LogP contribution in [-0.2, 0) is 13.0 Å². The van der Waals surface area contributed by atoms with E-state index in [0.717, 1.165) is 25.5 Å². The second-order valence-corrected chi connectivity index (χ2v) is 22.3. The molecule has 0 spiro atoms. The van der Waals surface area contributed by atoms with Crippen LogP contribution in [0.1, 0.15) is 19.3 Å². The summed E-state index contributed by atoms with van der Waals surface area (Å²) in [5.41, 5.74) is 0. The molecule has 0 radical (unpaired) electrons. The van der Waals surface area contributed by atoms with Gasteiger partial charge in [0.15, 0.2) is 16.6 Å². The van der Waals surface area contributed by atoms with E-state index in [0.29, 0.717) is 6.10 Å². The first kappa shape index (κ1) is 20.8. The van der Waals surface area contributed by atoms with Gasteiger partial charge in [-0.2, -0.15) is 0 Å². The fourth-order valence-corrected chi connectivity index (χ4v) is 17.5. The topological polar surface area (TPSA) is 30.9 Å². The minimum atomic E-state index is -2.00. The number of piperidine rings is 3. The lowest BCUT2D eigenvalue weighted by Crippen LogP contribution is -2.52. The summed E-state index contributed by atoms with van der Waals surface area (Å²) in [6.07, 6.45) is 4.28. The third-order valence-electron chi connectivity index (χ3n) is 4.93. The van der Waals surface area contributed by atoms with Crippen molar-refractivity contribution < 1.29 is 13.0 Å². The highest BCUT2D eigenvalue weighted by molar-refractivity contribution is 6.87. The van der Waals surface area contributed by atoms with Gasteiger partial charge in [0.25, 0.3) is 0 Å². The van der Waals surface area contributed by atoms with Crippen LogP contribution in [0.3, 0.4) is 0 Å². The van der Waals surface area contributed by atoms with E-state index in [1.54, 1.807) is 0 Å². The van der Waals surface area contributed by atoms with Crippen molar-refractivity contribution in [2.75, 3.05) is 26.2 Å². The van der Waals surface area contributed by atoms with Gasteiger partial charge in [-0.05, 0) is 90.1 Å². The molecule has 1 atom stereocenters. The van der Waals surface area contributed by atoms with Crippen molar-refractivity contribution in [2.45, 2.75) is 77.2 Å². The van der Waals surface area contributed by atoms with Gasteiger partial charge in [-0.3, -0.25) is 0 Å². The van der Waals surface area contributed by atoms with Crippen LogP contribution in [0.4, 0.5) is 0 Å². The molecule has 2 bridgehead atoms. The van der Waals surface area contributed by atoms with Crippen LogP contribution >= 0.6 is 0 Å². The van der Waals surface area contributed by atoms with Gasteiger partial charge in [0.1, 0.15) is 0 Å². The van der Waals surface area contributed by atoms with Gasteiger partial charge < -0.3 is 17.9 Å². The van der Waals surface area contributed by atoms with Gasteiger partial charge in [-0.15, -0.1) is 0 Å². The SMILES string of the molecule is C[Si](C)(C)O[Si](C)(C)O[Si](C)(C)CCCOC1C[N@]2CC[C@H]1CC2. The lowest BCUT2D eigenvalue weighted by atomic mass is 9.86. The second kappa shape index (κ2) is 8.02. The van der Waals surface area contributed by atoms with Crippen molar-refractivity contribution in [1.82, 2.24) is 4.90 Å². The summed E-state index contributed by atoms with van der Waals surface area (Å²) in [5.74, 6) is 0.813. The molecule has 0 aromatic carbocycles. The average Bonchev–Trinajstić information content (AvgIpc) is 2.41. The number of ether oxygens (including phenoxy) is 1. The quantitative estimate of drug-likeness (QED) is 0.435. The van der Waals surface area contributed by atoms with E-state index in [1.807, 2.05) is 0 Å². The summed E-state index contributed by atoms with van der Waals surface area (Å²) in [7, 11) is -5.21. The highest BCUT2D eigenvalue weighted by atomic mass is 28.5. The van der Waals surface area contributed by atoms with Gasteiger partial charge in [0.2, 0.25) is 0 Å². The molecule has 0 aromatic rings. The average molecular weight is 390 g/mol. The molecule has 4 nitrogen and oxygen atoms in total. The van der Waals surface area contributed by atoms with E-state index < -0.39 is 25.2 Å². The maximum Gasteiger partial charge on any atom is 0.311 e. The molecule has 3 aliphatic rings. The van der Waals surface area contributed by atoms with E-state index in [4.69, 9.17) is 13.0 Å². The molecule has 0 N–H and O–H groups in total. The van der Waals surface area contributed by atoms with Crippen LogP contribution in [0.2, 0.25) is 51.9 Å². The maximum absolute atomic E-state index is 6.57. The van der Waals surface area contributed by atoms with Crippen molar-refractivity contribution >= 4 is 25.2 Å². The standard InChI is InChI=1S/C17H39NO3Si3/c1-22(2,3)20-24(6,7)21-23(4,5)14-8-13-19-17-15-18-11-9-16(17)10-12-18/h16-17H,8-15H2,1-7H3. The Bertz CT molecular complexity index is 404. The van der Waals surface area contributed by atoms with E-state index in [9.17, 15) is 0 Å². The Hall–Kier alpha value is 0.491. The third-order valence-corrected chi connectivity index (χ3v) is 15.1. The first-order valence-electron chi connectivity index (χ1n) is 9.70. The van der Waals surface area contributed by atoms with Gasteiger partial charge in [-0.25, -0.2) is 0 Å². The molecule has 7 heteroatoms. The number of nitrogens with zero attached hydrogens (tertiary/aromatic N) is 1. The van der Waals surface area contributed by atoms with Crippen LogP contribution in [0, 0.1) is 5.92 Å². The van der Waals surface area contributed by atoms with E-state index >= 15 is 0 Å². The Morgan fingerprint density at radius 1 is 0.917 bits per heavy atom. The number of rotatable bonds is 9. The van der Waals surface area contributed by atoms with Gasteiger partial charge in [0, 0.05) is 13.2 Å². The molecule has 3 fully saturated rings. The summed E-state index contributed by atoms with van der Waals surface area (Å²) in [6.45, 7) is 20.5. The lowest BCUT2D eigenvalue weighted by Gasteiger charge is -2.44. The fraction of sp³-hybridized carbons (Fsp3) is 1.00. The van der Waals surface area contributed by atoms with Crippen molar-refractivity contribution in [3.05, 3.63) is 0 Å². The number of fused-ring (bicyclic) bond motifs is 3. The molecular formula is C17H39NO3Si3. The number of hydrogen-bond donors (Lipinski definition) is 0. The fourth-order valence-electron chi connectivity index (χ4n) is 4.31. The van der Waals surface area contributed by atoms with E-state index in [-0.39, 0.29) is 0 Å². The zero-order valence-corrected chi connectivity index (χ0v) is 20.0. The molecule has 3 saturated heterocycles. The van der Waals surface area contributed by atoms with Gasteiger partial charge in [-0.1, -0.05) is 0 Å². The minimum Gasteiger partial charge on any atom is -0.437 e. The first-order valence-corrected chi connectivity index (χ1v) is 19.0. The molecule has 1 unspecified atom stereocenters. The highest BCUT2D eigenvalue weighted by Crippen LogP contribution is 2.30. The van der Waals surface area contributed by atoms with Crippen molar-refractivity contribution in [3.8, 4) is 0 Å². The Kier molecular flexibility index (Phi) is 6.95. The summed E-state index contributed by atoms with van der Waals surface area (Å²) in [5, 5.41) is 0. The maximum atomic E-state index is 6.57. The molecule has 0 amide bonds. The van der Waals surface area contributed by atoms with Gasteiger partial charge >= 0.3 is 8.56 Å². The Morgan fingerprint density at radius 3 is 2.04 bits per heavy atom. The summed E-state index contributed by atoms with van der Waals surface area (Å²) in [4.78, 5) is 2.56. The Balaban J connectivity index is 1.68. The van der Waals surface area contributed by atoms with Crippen LogP contribution < -0.4 is 0 Å². The monoisotopic (exact) mass is 389 g/mol. The predicted molar refractivity (Wildman–Crippen MR) is 109 cm³/mol. The Labute approximate surface area is 152 Å². The highest BCUT2D eigenvalue weighted by Gasteiger charge is 2.38. The largest absolute Gasteiger partial charge is 0.437 e. The van der Waals surface area contributed by atoms with Gasteiger partial charge in [0.05, 0.1) is 6.10 Å². The van der Waals surface area contributed by atoms with E-state index in [1.165, 1.54) is 32.0 Å². The zero-order valence-electron chi connectivity index (χ0n) is 17.0. The molecule has 0 aliphatic carbocycles. The third kappa shape index (κ3) is 7.01. The summed E-state index contributed by atoms with van der Waals surface area (Å²) in [6, 6.07) is 1.17. The Morgan fingerprint density at radius 2 is 1.54 bits per heavy atom. The molecule has 0 saturated carbocycles. The molecule has 142 valence electrons. The van der Waals surface area contributed by atoms with Crippen molar-refractivity contribution in [1.29, 1.82) is 0 Å². The van der Waals surface area contributed by atoms with Crippen molar-refractivity contribution in [2.24, 2.45) is 5.92 Å². The smallest absolute Gasteiger partial charge is 0.311 e. The summed E-state index contributed by atoms with van der Waals surface area (Å²) < 4.78 is 19.2. The molecule has 3 rings (SSSR count). The summed E-state index contributed by atoms with van der Waals surface area (Å²) >= 11 is 0. The predicted octanol–water partition coefficient (Wildman–Crippen LogP) is 4.26. The second-order valence-electron chi connectivity index (χ2n) is 9.63. The zero-order chi connectivity index (χ0) is 18.0. The van der Waals surface area contributed by atoms with Crippen molar-refractivity contribution in [3.63, 3.8) is 0 Å². The molecule has 3 aliphatic heterocycles. The normalized spacial score (nSPS) is 28.4. The van der Waals surface area contributed by atoms with Crippen LogP contribution in [0.15, 0.2) is 0 Å². The minimum absolute atomic E-state index is 0.485. The molecular weight excluding hydrogens is 350 g/mol. The first-order chi connectivity index (χ1) is 11.0. The lowest BCUT2D eigenvalue weighted by molar-refractivity contribution is -0.0691. The molecule has 24 heavy (non-hydrogen) atoms. The van der Waals surface area contributed by atoms with E-state index in [2.05, 4.69) is 50.7 Å². The molecule has 0 aromatic heterocycles. The van der Waals surface area contributed by atoms with Crippen LogP contribution in [-0.4, -0.2) is 62.4 Å². The number of hydrogen-bond acceptors (Lipinski definition) is 4. The molecule has 3 heterocycles. The van der Waals surface area contributed by atoms with Crippen LogP contribution in [0.25, 0.3) is 0 Å².